The summed E-state index contributed by atoms with van der Waals surface area (Å²) in [5.41, 5.74) is 2.63. The van der Waals surface area contributed by atoms with Gasteiger partial charge in [-0.15, -0.1) is 0 Å². The highest BCUT2D eigenvalue weighted by atomic mass is 16.6. The minimum Gasteiger partial charge on any atom is -0.390 e. The van der Waals surface area contributed by atoms with E-state index in [0.717, 1.165) is 11.1 Å². The van der Waals surface area contributed by atoms with E-state index in [4.69, 9.17) is 4.84 Å². The average molecular weight is 315 g/mol. The molecule has 0 amide bonds. The molecule has 0 N–H and O–H groups in total. The molecule has 3 aromatic rings. The second-order valence-corrected chi connectivity index (χ2v) is 5.26. The van der Waals surface area contributed by atoms with Gasteiger partial charge in [0.2, 0.25) is 5.78 Å². The number of carbonyl (C=O) groups is 1. The van der Waals surface area contributed by atoms with Crippen molar-refractivity contribution in [3.63, 3.8) is 0 Å². The van der Waals surface area contributed by atoms with E-state index < -0.39 is 0 Å². The van der Waals surface area contributed by atoms with E-state index in [-0.39, 0.29) is 5.78 Å². The molecule has 0 radical (unpaired) electrons. The minimum absolute atomic E-state index is 0.158. The first kappa shape index (κ1) is 15.7. The first-order valence-electron chi connectivity index (χ1n) is 7.73. The van der Waals surface area contributed by atoms with Crippen LogP contribution >= 0.6 is 0 Å². The number of benzene rings is 3. The highest BCUT2D eigenvalue weighted by molar-refractivity contribution is 6.51. The number of ketones is 1. The van der Waals surface area contributed by atoms with Gasteiger partial charge in [0.1, 0.15) is 6.61 Å². The van der Waals surface area contributed by atoms with Crippen molar-refractivity contribution in [2.45, 2.75) is 6.61 Å². The van der Waals surface area contributed by atoms with Crippen LogP contribution in [0.3, 0.4) is 0 Å². The maximum Gasteiger partial charge on any atom is 0.215 e. The molecule has 0 spiro atoms. The van der Waals surface area contributed by atoms with Gasteiger partial charge in [-0.2, -0.15) is 0 Å². The van der Waals surface area contributed by atoms with E-state index in [0.29, 0.717) is 17.9 Å². The highest BCUT2D eigenvalue weighted by Gasteiger charge is 2.16. The first-order valence-corrected chi connectivity index (χ1v) is 7.73. The third-order valence-corrected chi connectivity index (χ3v) is 3.53. The molecule has 118 valence electrons. The molecule has 0 fully saturated rings. The lowest BCUT2D eigenvalue weighted by atomic mass is 10.0. The Balaban J connectivity index is 1.85. The molecule has 0 aliphatic rings. The van der Waals surface area contributed by atoms with Crippen LogP contribution in [-0.4, -0.2) is 11.5 Å². The molecule has 0 saturated heterocycles. The molecule has 0 heterocycles. The van der Waals surface area contributed by atoms with Crippen LogP contribution in [0.1, 0.15) is 21.5 Å². The van der Waals surface area contributed by atoms with Crippen molar-refractivity contribution in [3.8, 4) is 0 Å². The lowest BCUT2D eigenvalue weighted by molar-refractivity contribution is 0.103. The molecule has 0 bridgehead atoms. The van der Waals surface area contributed by atoms with Crippen LogP contribution in [-0.2, 0) is 11.4 Å². The number of rotatable bonds is 6. The fraction of sp³-hybridized carbons (Fsp3) is 0.0476. The molecular weight excluding hydrogens is 298 g/mol. The summed E-state index contributed by atoms with van der Waals surface area (Å²) in [5.74, 6) is -0.158. The highest BCUT2D eigenvalue weighted by Crippen LogP contribution is 2.10. The number of hydrogen-bond donors (Lipinski definition) is 0. The second-order valence-electron chi connectivity index (χ2n) is 5.26. The van der Waals surface area contributed by atoms with Gasteiger partial charge >= 0.3 is 0 Å². The number of oxime groups is 1. The standard InChI is InChI=1S/C21H17NO2/c23-21(19-14-8-3-9-15-19)20(18-12-6-2-7-13-18)22-24-16-17-10-4-1-5-11-17/h1-15H,16H2. The van der Waals surface area contributed by atoms with E-state index >= 15 is 0 Å². The summed E-state index contributed by atoms with van der Waals surface area (Å²) in [6, 6.07) is 28.2. The quantitative estimate of drug-likeness (QED) is 0.382. The van der Waals surface area contributed by atoms with Crippen LogP contribution in [0.25, 0.3) is 0 Å². The molecule has 24 heavy (non-hydrogen) atoms. The topological polar surface area (TPSA) is 38.7 Å². The summed E-state index contributed by atoms with van der Waals surface area (Å²) in [7, 11) is 0. The fourth-order valence-corrected chi connectivity index (χ4v) is 2.29. The van der Waals surface area contributed by atoms with E-state index in [9.17, 15) is 4.79 Å². The Bertz CT molecular complexity index is 812. The Labute approximate surface area is 141 Å². The summed E-state index contributed by atoms with van der Waals surface area (Å²) >= 11 is 0. The number of Topliss-reactive ketones (excluding diaryl/α,β-unsaturated/α-hetero) is 1. The largest absolute Gasteiger partial charge is 0.390 e. The molecule has 0 aliphatic carbocycles. The SMILES string of the molecule is O=C(C(=NOCc1ccccc1)c1ccccc1)c1ccccc1. The predicted octanol–water partition coefficient (Wildman–Crippen LogP) is 4.49. The van der Waals surface area contributed by atoms with Crippen molar-refractivity contribution < 1.29 is 9.63 Å². The van der Waals surface area contributed by atoms with E-state index in [2.05, 4.69) is 5.16 Å². The summed E-state index contributed by atoms with van der Waals surface area (Å²) in [5, 5.41) is 4.13. The van der Waals surface area contributed by atoms with Crippen LogP contribution in [0, 0.1) is 0 Å². The molecule has 3 rings (SSSR count). The van der Waals surface area contributed by atoms with Crippen molar-refractivity contribution in [1.82, 2.24) is 0 Å². The Morgan fingerprint density at radius 1 is 0.708 bits per heavy atom. The lowest BCUT2D eigenvalue weighted by Crippen LogP contribution is -2.16. The monoisotopic (exact) mass is 315 g/mol. The molecule has 3 nitrogen and oxygen atoms in total. The molecule has 0 aliphatic heterocycles. The van der Waals surface area contributed by atoms with Gasteiger partial charge < -0.3 is 4.84 Å². The fourth-order valence-electron chi connectivity index (χ4n) is 2.29. The zero-order chi connectivity index (χ0) is 16.6. The third kappa shape index (κ3) is 3.96. The molecule has 3 heteroatoms. The Hall–Kier alpha value is -3.20. The third-order valence-electron chi connectivity index (χ3n) is 3.53. The van der Waals surface area contributed by atoms with Crippen LogP contribution < -0.4 is 0 Å². The van der Waals surface area contributed by atoms with Gasteiger partial charge in [-0.25, -0.2) is 0 Å². The lowest BCUT2D eigenvalue weighted by Gasteiger charge is -2.07. The van der Waals surface area contributed by atoms with Gasteiger partial charge in [-0.05, 0) is 5.56 Å². The van der Waals surface area contributed by atoms with Crippen LogP contribution in [0.15, 0.2) is 96.2 Å². The summed E-state index contributed by atoms with van der Waals surface area (Å²) in [6.07, 6.45) is 0. The molecule has 3 aromatic carbocycles. The zero-order valence-corrected chi connectivity index (χ0v) is 13.1. The molecule has 0 saturated carbocycles. The van der Waals surface area contributed by atoms with Crippen molar-refractivity contribution >= 4 is 11.5 Å². The minimum atomic E-state index is -0.158. The zero-order valence-electron chi connectivity index (χ0n) is 13.1. The van der Waals surface area contributed by atoms with E-state index in [1.165, 1.54) is 0 Å². The van der Waals surface area contributed by atoms with Crippen molar-refractivity contribution in [3.05, 3.63) is 108 Å². The van der Waals surface area contributed by atoms with Gasteiger partial charge in [0.05, 0.1) is 0 Å². The Kier molecular flexibility index (Phi) is 5.15. The summed E-state index contributed by atoms with van der Waals surface area (Å²) in [6.45, 7) is 0.319. The maximum atomic E-state index is 12.8. The van der Waals surface area contributed by atoms with Crippen LogP contribution in [0.4, 0.5) is 0 Å². The van der Waals surface area contributed by atoms with Crippen molar-refractivity contribution in [2.24, 2.45) is 5.16 Å². The molecule has 0 atom stereocenters. The maximum absolute atomic E-state index is 12.8. The second kappa shape index (κ2) is 7.88. The van der Waals surface area contributed by atoms with Gasteiger partial charge in [0, 0.05) is 11.1 Å². The van der Waals surface area contributed by atoms with Gasteiger partial charge in [-0.1, -0.05) is 96.2 Å². The normalized spacial score (nSPS) is 11.1. The summed E-state index contributed by atoms with van der Waals surface area (Å²) < 4.78 is 0. The molecule has 0 unspecified atom stereocenters. The van der Waals surface area contributed by atoms with Gasteiger partial charge in [0.15, 0.2) is 5.71 Å². The molecule has 0 aromatic heterocycles. The first-order chi connectivity index (χ1) is 11.8. The van der Waals surface area contributed by atoms with E-state index in [1.807, 2.05) is 78.9 Å². The number of carbonyl (C=O) groups excluding carboxylic acids is 1. The van der Waals surface area contributed by atoms with E-state index in [1.54, 1.807) is 12.1 Å². The Morgan fingerprint density at radius 2 is 1.21 bits per heavy atom. The van der Waals surface area contributed by atoms with Crippen molar-refractivity contribution in [1.29, 1.82) is 0 Å². The molecular formula is C21H17NO2. The number of hydrogen-bond acceptors (Lipinski definition) is 3. The number of nitrogens with zero attached hydrogens (tertiary/aromatic N) is 1. The predicted molar refractivity (Wildman–Crippen MR) is 95.0 cm³/mol. The smallest absolute Gasteiger partial charge is 0.215 e. The summed E-state index contributed by atoms with van der Waals surface area (Å²) in [4.78, 5) is 18.2. The van der Waals surface area contributed by atoms with Crippen LogP contribution in [0.2, 0.25) is 0 Å². The van der Waals surface area contributed by atoms with Crippen LogP contribution in [0.5, 0.6) is 0 Å². The van der Waals surface area contributed by atoms with Gasteiger partial charge in [0.25, 0.3) is 0 Å². The average Bonchev–Trinajstić information content (AvgIpc) is 2.67. The Morgan fingerprint density at radius 3 is 1.79 bits per heavy atom. The van der Waals surface area contributed by atoms with Gasteiger partial charge in [-0.3, -0.25) is 4.79 Å². The van der Waals surface area contributed by atoms with Crippen molar-refractivity contribution in [2.75, 3.05) is 0 Å².